The van der Waals surface area contributed by atoms with Gasteiger partial charge in [-0.15, -0.1) is 6.58 Å². The lowest BCUT2D eigenvalue weighted by molar-refractivity contribution is 0.0757. The van der Waals surface area contributed by atoms with Gasteiger partial charge in [0, 0.05) is 45.0 Å². The third-order valence-electron chi connectivity index (χ3n) is 4.22. The van der Waals surface area contributed by atoms with Gasteiger partial charge in [0.2, 0.25) is 0 Å². The van der Waals surface area contributed by atoms with Crippen molar-refractivity contribution in [1.29, 1.82) is 0 Å². The molecular weight excluding hydrogens is 250 g/mol. The van der Waals surface area contributed by atoms with Crippen molar-refractivity contribution in [3.05, 3.63) is 42.7 Å². The van der Waals surface area contributed by atoms with E-state index in [4.69, 9.17) is 4.74 Å². The molecule has 2 aliphatic heterocycles. The zero-order valence-corrected chi connectivity index (χ0v) is 11.9. The Bertz CT molecular complexity index is 437. The summed E-state index contributed by atoms with van der Waals surface area (Å²) in [5.41, 5.74) is 1.17. The number of hydrogen-bond acceptors (Lipinski definition) is 4. The molecule has 4 nitrogen and oxygen atoms in total. The Balaban J connectivity index is 1.52. The minimum absolute atomic E-state index is 0.382. The van der Waals surface area contributed by atoms with Gasteiger partial charge >= 0.3 is 0 Å². The lowest BCUT2D eigenvalue weighted by atomic mass is 10.1. The number of hydrogen-bond donors (Lipinski definition) is 0. The van der Waals surface area contributed by atoms with Gasteiger partial charge in [-0.2, -0.15) is 0 Å². The normalized spacial score (nSPS) is 27.4. The Morgan fingerprint density at radius 3 is 3.10 bits per heavy atom. The Morgan fingerprint density at radius 1 is 1.35 bits per heavy atom. The van der Waals surface area contributed by atoms with E-state index < -0.39 is 0 Å². The summed E-state index contributed by atoms with van der Waals surface area (Å²) < 4.78 is 5.81. The Kier molecular flexibility index (Phi) is 4.45. The molecule has 0 spiro atoms. The summed E-state index contributed by atoms with van der Waals surface area (Å²) in [4.78, 5) is 9.51. The first-order chi connectivity index (χ1) is 9.85. The Hall–Kier alpha value is -1.23. The van der Waals surface area contributed by atoms with Crippen LogP contribution >= 0.6 is 0 Å². The Morgan fingerprint density at radius 2 is 2.30 bits per heavy atom. The summed E-state index contributed by atoms with van der Waals surface area (Å²) in [5.74, 6) is 0. The average molecular weight is 273 g/mol. The van der Waals surface area contributed by atoms with Crippen molar-refractivity contribution in [2.45, 2.75) is 25.1 Å². The van der Waals surface area contributed by atoms with Crippen LogP contribution in [0.4, 0.5) is 0 Å². The van der Waals surface area contributed by atoms with E-state index in [1.807, 2.05) is 18.3 Å². The van der Waals surface area contributed by atoms with Crippen molar-refractivity contribution in [3.63, 3.8) is 0 Å². The molecule has 4 heteroatoms. The summed E-state index contributed by atoms with van der Waals surface area (Å²) in [6, 6.07) is 6.78. The van der Waals surface area contributed by atoms with Crippen molar-refractivity contribution in [2.75, 3.05) is 32.8 Å². The van der Waals surface area contributed by atoms with Crippen LogP contribution in [0.2, 0.25) is 0 Å². The zero-order valence-electron chi connectivity index (χ0n) is 11.9. The van der Waals surface area contributed by atoms with E-state index in [1.54, 1.807) is 0 Å². The van der Waals surface area contributed by atoms with E-state index >= 15 is 0 Å². The van der Waals surface area contributed by atoms with Gasteiger partial charge in [0.25, 0.3) is 0 Å². The van der Waals surface area contributed by atoms with E-state index in [2.05, 4.69) is 33.5 Å². The van der Waals surface area contributed by atoms with Crippen LogP contribution in [0.15, 0.2) is 37.1 Å². The van der Waals surface area contributed by atoms with Gasteiger partial charge in [-0.25, -0.2) is 0 Å². The molecule has 1 aromatic rings. The maximum atomic E-state index is 5.81. The molecule has 0 aliphatic carbocycles. The third kappa shape index (κ3) is 3.26. The summed E-state index contributed by atoms with van der Waals surface area (Å²) in [6.45, 7) is 9.83. The van der Waals surface area contributed by atoms with Crippen molar-refractivity contribution in [2.24, 2.45) is 0 Å². The topological polar surface area (TPSA) is 28.6 Å². The van der Waals surface area contributed by atoms with Crippen molar-refractivity contribution < 1.29 is 4.74 Å². The Labute approximate surface area is 121 Å². The molecule has 3 heterocycles. The number of aromatic nitrogens is 1. The smallest absolute Gasteiger partial charge is 0.0721 e. The van der Waals surface area contributed by atoms with Gasteiger partial charge in [0.1, 0.15) is 0 Å². The second-order valence-electron chi connectivity index (χ2n) is 5.68. The van der Waals surface area contributed by atoms with E-state index in [0.717, 1.165) is 39.1 Å². The molecule has 20 heavy (non-hydrogen) atoms. The molecule has 2 saturated heterocycles. The number of pyridine rings is 1. The fraction of sp³-hybridized carbons (Fsp3) is 0.562. The number of nitrogens with zero attached hydrogens (tertiary/aromatic N) is 3. The van der Waals surface area contributed by atoms with Crippen molar-refractivity contribution in [3.8, 4) is 0 Å². The number of rotatable bonds is 5. The highest BCUT2D eigenvalue weighted by Crippen LogP contribution is 2.24. The first-order valence-electron chi connectivity index (χ1n) is 7.44. The van der Waals surface area contributed by atoms with E-state index in [9.17, 15) is 0 Å². The molecular formula is C16H23N3O. The van der Waals surface area contributed by atoms with Gasteiger partial charge in [0.05, 0.1) is 18.4 Å². The first kappa shape index (κ1) is 13.7. The minimum Gasteiger partial charge on any atom is -0.373 e. The van der Waals surface area contributed by atoms with Crippen LogP contribution in [0.3, 0.4) is 0 Å². The molecule has 2 aliphatic rings. The van der Waals surface area contributed by atoms with Gasteiger partial charge in [-0.05, 0) is 18.6 Å². The largest absolute Gasteiger partial charge is 0.373 e. The molecule has 0 aromatic carbocycles. The first-order valence-corrected chi connectivity index (χ1v) is 7.44. The maximum absolute atomic E-state index is 5.81. The van der Waals surface area contributed by atoms with Gasteiger partial charge in [0.15, 0.2) is 0 Å². The molecule has 0 radical (unpaired) electrons. The lowest BCUT2D eigenvalue weighted by Gasteiger charge is -2.37. The van der Waals surface area contributed by atoms with Crippen LogP contribution in [-0.4, -0.2) is 59.7 Å². The highest BCUT2D eigenvalue weighted by atomic mass is 16.5. The van der Waals surface area contributed by atoms with E-state index in [1.165, 1.54) is 5.69 Å². The molecule has 108 valence electrons. The molecule has 0 bridgehead atoms. The number of ether oxygens (including phenoxy) is 1. The van der Waals surface area contributed by atoms with Crippen LogP contribution in [-0.2, 0) is 11.3 Å². The minimum atomic E-state index is 0.382. The average Bonchev–Trinajstić information content (AvgIpc) is 2.88. The van der Waals surface area contributed by atoms with Crippen LogP contribution in [0.5, 0.6) is 0 Å². The molecule has 1 aromatic heterocycles. The fourth-order valence-electron chi connectivity index (χ4n) is 3.25. The highest BCUT2D eigenvalue weighted by Gasteiger charge is 2.36. The predicted octanol–water partition coefficient (Wildman–Crippen LogP) is 1.54. The lowest BCUT2D eigenvalue weighted by Crippen LogP contribution is -2.49. The van der Waals surface area contributed by atoms with Crippen LogP contribution in [0.1, 0.15) is 12.1 Å². The molecule has 2 fully saturated rings. The molecule has 0 unspecified atom stereocenters. The predicted molar refractivity (Wildman–Crippen MR) is 79.4 cm³/mol. The van der Waals surface area contributed by atoms with E-state index in [-0.39, 0.29) is 0 Å². The highest BCUT2D eigenvalue weighted by molar-refractivity contribution is 5.04. The van der Waals surface area contributed by atoms with Crippen LogP contribution < -0.4 is 0 Å². The maximum Gasteiger partial charge on any atom is 0.0721 e. The quantitative estimate of drug-likeness (QED) is 0.761. The molecule has 0 saturated carbocycles. The van der Waals surface area contributed by atoms with Crippen molar-refractivity contribution in [1.82, 2.24) is 14.8 Å². The fourth-order valence-corrected chi connectivity index (χ4v) is 3.25. The number of piperazine rings is 1. The monoisotopic (exact) mass is 273 g/mol. The SMILES string of the molecule is C=CCO[C@@H]1C[C@@H]2CN(Cc3ccccn3)CCN2C1. The van der Waals surface area contributed by atoms with Gasteiger partial charge in [-0.3, -0.25) is 14.8 Å². The van der Waals surface area contributed by atoms with Crippen molar-refractivity contribution >= 4 is 0 Å². The summed E-state index contributed by atoms with van der Waals surface area (Å²) >= 11 is 0. The molecule has 0 N–H and O–H groups in total. The zero-order chi connectivity index (χ0) is 13.8. The second-order valence-corrected chi connectivity index (χ2v) is 5.68. The van der Waals surface area contributed by atoms with E-state index in [0.29, 0.717) is 18.8 Å². The summed E-state index contributed by atoms with van der Waals surface area (Å²) in [7, 11) is 0. The van der Waals surface area contributed by atoms with Crippen LogP contribution in [0.25, 0.3) is 0 Å². The second kappa shape index (κ2) is 6.48. The summed E-state index contributed by atoms with van der Waals surface area (Å²) in [5, 5.41) is 0. The molecule has 2 atom stereocenters. The van der Waals surface area contributed by atoms with Gasteiger partial charge < -0.3 is 4.74 Å². The number of fused-ring (bicyclic) bond motifs is 1. The molecule has 3 rings (SSSR count). The standard InChI is InChI=1S/C16H23N3O/c1-2-9-20-16-10-15-12-18(7-8-19(15)13-16)11-14-5-3-4-6-17-14/h2-6,15-16H,1,7-13H2/t15-,16-/m1/s1. The third-order valence-corrected chi connectivity index (χ3v) is 4.22. The summed E-state index contributed by atoms with van der Waals surface area (Å²) in [6.07, 6.45) is 5.24. The van der Waals surface area contributed by atoms with Crippen LogP contribution in [0, 0.1) is 0 Å². The molecule has 0 amide bonds. The van der Waals surface area contributed by atoms with Gasteiger partial charge in [-0.1, -0.05) is 12.1 Å².